The molecule has 26 heavy (non-hydrogen) atoms. The third-order valence-electron chi connectivity index (χ3n) is 4.12. The number of amides is 1. The normalized spacial score (nSPS) is 10.9. The quantitative estimate of drug-likeness (QED) is 0.707. The Morgan fingerprint density at radius 1 is 1.35 bits per heavy atom. The number of nitrogens with zero attached hydrogens (tertiary/aromatic N) is 6. The summed E-state index contributed by atoms with van der Waals surface area (Å²) in [7, 11) is 1.89. The molecule has 0 bridgehead atoms. The minimum Gasteiger partial charge on any atom is -0.344 e. The molecule has 0 saturated heterocycles. The van der Waals surface area contributed by atoms with E-state index in [0.29, 0.717) is 23.8 Å². The van der Waals surface area contributed by atoms with Gasteiger partial charge in [-0.3, -0.25) is 14.0 Å². The van der Waals surface area contributed by atoms with Crippen molar-refractivity contribution in [2.45, 2.75) is 26.8 Å². The molecule has 136 valence electrons. The zero-order valence-electron chi connectivity index (χ0n) is 15.0. The number of hydrogen-bond acceptors (Lipinski definition) is 6. The van der Waals surface area contributed by atoms with E-state index in [9.17, 15) is 9.59 Å². The molecule has 0 aliphatic heterocycles. The van der Waals surface area contributed by atoms with Crippen molar-refractivity contribution in [1.82, 2.24) is 24.1 Å². The molecule has 3 rings (SSSR count). The van der Waals surface area contributed by atoms with Gasteiger partial charge in [-0.15, -0.1) is 5.10 Å². The van der Waals surface area contributed by atoms with Crippen molar-refractivity contribution < 1.29 is 4.79 Å². The second-order valence-corrected chi connectivity index (χ2v) is 5.88. The first-order chi connectivity index (χ1) is 12.5. The van der Waals surface area contributed by atoms with Crippen LogP contribution >= 0.6 is 0 Å². The number of nitrogens with one attached hydrogen (secondary N) is 1. The minimum atomic E-state index is -0.380. The summed E-state index contributed by atoms with van der Waals surface area (Å²) in [4.78, 5) is 34.7. The number of aryl methyl sites for hydroxylation is 1. The highest BCUT2D eigenvalue weighted by Gasteiger charge is 2.16. The fourth-order valence-electron chi connectivity index (χ4n) is 2.57. The summed E-state index contributed by atoms with van der Waals surface area (Å²) in [6, 6.07) is 3.42. The van der Waals surface area contributed by atoms with Gasteiger partial charge in [0.15, 0.2) is 0 Å². The van der Waals surface area contributed by atoms with E-state index in [1.165, 1.54) is 17.2 Å². The summed E-state index contributed by atoms with van der Waals surface area (Å²) in [5.41, 5.74) is 1.23. The van der Waals surface area contributed by atoms with Gasteiger partial charge in [0.1, 0.15) is 24.2 Å². The molecule has 0 atom stereocenters. The van der Waals surface area contributed by atoms with E-state index in [1.54, 1.807) is 10.5 Å². The fraction of sp³-hybridized carbons (Fsp3) is 0.353. The molecular weight excluding hydrogens is 334 g/mol. The first-order valence-electron chi connectivity index (χ1n) is 8.42. The van der Waals surface area contributed by atoms with Crippen molar-refractivity contribution in [2.24, 2.45) is 0 Å². The maximum absolute atomic E-state index is 12.8. The van der Waals surface area contributed by atoms with E-state index in [2.05, 4.69) is 20.4 Å². The lowest BCUT2D eigenvalue weighted by molar-refractivity contribution is -0.117. The average Bonchev–Trinajstić information content (AvgIpc) is 3.09. The molecule has 9 nitrogen and oxygen atoms in total. The van der Waals surface area contributed by atoms with Gasteiger partial charge in [0, 0.05) is 26.0 Å². The van der Waals surface area contributed by atoms with E-state index < -0.39 is 0 Å². The summed E-state index contributed by atoms with van der Waals surface area (Å²) in [5, 5.41) is 7.03. The van der Waals surface area contributed by atoms with Crippen LogP contribution in [0, 0.1) is 0 Å². The maximum Gasteiger partial charge on any atom is 0.291 e. The standard InChI is InChI=1S/C17H21N7O2/c1-4-12-8-13-16(26)24(21-17(22(3)5-2)23(13)9-12)10-15(25)20-14-6-7-18-11-19-14/h6-9,11H,4-5,10H2,1-3H3,(H,18,19,20,25). The molecule has 3 aromatic heterocycles. The molecule has 0 aromatic carbocycles. The number of anilines is 2. The molecule has 1 N–H and O–H groups in total. The molecule has 0 spiro atoms. The number of carbonyl (C=O) groups excluding carboxylic acids is 1. The zero-order chi connectivity index (χ0) is 18.7. The molecule has 0 fully saturated rings. The van der Waals surface area contributed by atoms with Crippen LogP contribution in [0.3, 0.4) is 0 Å². The zero-order valence-corrected chi connectivity index (χ0v) is 15.0. The number of rotatable bonds is 6. The SMILES string of the molecule is CCc1cc2c(=O)n(CC(=O)Nc3ccncn3)nc(N(C)CC)n2c1. The third-order valence-corrected chi connectivity index (χ3v) is 4.12. The Kier molecular flexibility index (Phi) is 4.97. The van der Waals surface area contributed by atoms with Crippen molar-refractivity contribution in [3.05, 3.63) is 46.8 Å². The highest BCUT2D eigenvalue weighted by Crippen LogP contribution is 2.14. The predicted octanol–water partition coefficient (Wildman–Crippen LogP) is 0.943. The van der Waals surface area contributed by atoms with Crippen molar-refractivity contribution in [3.8, 4) is 0 Å². The van der Waals surface area contributed by atoms with Crippen LogP contribution in [0.1, 0.15) is 19.4 Å². The van der Waals surface area contributed by atoms with Crippen molar-refractivity contribution in [1.29, 1.82) is 0 Å². The number of fused-ring (bicyclic) bond motifs is 1. The number of aromatic nitrogens is 5. The Hall–Kier alpha value is -3.23. The van der Waals surface area contributed by atoms with E-state index >= 15 is 0 Å². The van der Waals surface area contributed by atoms with Crippen LogP contribution in [0.15, 0.2) is 35.6 Å². The molecule has 0 radical (unpaired) electrons. The molecule has 3 aromatic rings. The Morgan fingerprint density at radius 2 is 2.15 bits per heavy atom. The summed E-state index contributed by atoms with van der Waals surface area (Å²) < 4.78 is 2.97. The Balaban J connectivity index is 1.98. The van der Waals surface area contributed by atoms with Crippen LogP contribution in [0.2, 0.25) is 0 Å². The Labute approximate surface area is 150 Å². The summed E-state index contributed by atoms with van der Waals surface area (Å²) in [6.07, 6.45) is 5.59. The van der Waals surface area contributed by atoms with Crippen molar-refractivity contribution >= 4 is 23.2 Å². The van der Waals surface area contributed by atoms with Gasteiger partial charge in [0.2, 0.25) is 11.9 Å². The van der Waals surface area contributed by atoms with Gasteiger partial charge in [-0.1, -0.05) is 6.92 Å². The van der Waals surface area contributed by atoms with Crippen molar-refractivity contribution in [2.75, 3.05) is 23.8 Å². The molecule has 0 unspecified atom stereocenters. The van der Waals surface area contributed by atoms with Crippen LogP contribution in [0.4, 0.5) is 11.8 Å². The van der Waals surface area contributed by atoms with E-state index in [1.807, 2.05) is 38.1 Å². The summed E-state index contributed by atoms with van der Waals surface area (Å²) in [6.45, 7) is 4.54. The predicted molar refractivity (Wildman–Crippen MR) is 98.4 cm³/mol. The monoisotopic (exact) mass is 355 g/mol. The van der Waals surface area contributed by atoms with Gasteiger partial charge in [-0.05, 0) is 31.0 Å². The molecule has 0 aliphatic rings. The van der Waals surface area contributed by atoms with Crippen LogP contribution < -0.4 is 15.8 Å². The van der Waals surface area contributed by atoms with Gasteiger partial charge in [-0.2, -0.15) is 0 Å². The van der Waals surface area contributed by atoms with Crippen LogP contribution in [-0.2, 0) is 17.8 Å². The molecular formula is C17H21N7O2. The lowest BCUT2D eigenvalue weighted by Crippen LogP contribution is -2.33. The highest BCUT2D eigenvalue weighted by molar-refractivity contribution is 5.89. The average molecular weight is 355 g/mol. The van der Waals surface area contributed by atoms with Crippen LogP contribution in [0.5, 0.6) is 0 Å². The van der Waals surface area contributed by atoms with E-state index in [4.69, 9.17) is 0 Å². The number of hydrogen-bond donors (Lipinski definition) is 1. The van der Waals surface area contributed by atoms with Gasteiger partial charge >= 0.3 is 0 Å². The Morgan fingerprint density at radius 3 is 2.81 bits per heavy atom. The van der Waals surface area contributed by atoms with E-state index in [-0.39, 0.29) is 18.0 Å². The van der Waals surface area contributed by atoms with Crippen LogP contribution in [-0.4, -0.2) is 43.6 Å². The smallest absolute Gasteiger partial charge is 0.291 e. The summed E-state index contributed by atoms with van der Waals surface area (Å²) in [5.74, 6) is 0.604. The highest BCUT2D eigenvalue weighted by atomic mass is 16.2. The van der Waals surface area contributed by atoms with Crippen LogP contribution in [0.25, 0.3) is 5.52 Å². The second-order valence-electron chi connectivity index (χ2n) is 5.88. The third kappa shape index (κ3) is 3.41. The second kappa shape index (κ2) is 7.34. The first kappa shape index (κ1) is 17.6. The molecule has 3 heterocycles. The lowest BCUT2D eigenvalue weighted by Gasteiger charge is -2.18. The Bertz CT molecular complexity index is 978. The van der Waals surface area contributed by atoms with Gasteiger partial charge < -0.3 is 10.2 Å². The van der Waals surface area contributed by atoms with Gasteiger partial charge in [0.05, 0.1) is 0 Å². The molecule has 0 aliphatic carbocycles. The fourth-order valence-corrected chi connectivity index (χ4v) is 2.57. The van der Waals surface area contributed by atoms with Gasteiger partial charge in [0.25, 0.3) is 5.56 Å². The van der Waals surface area contributed by atoms with Gasteiger partial charge in [-0.25, -0.2) is 14.6 Å². The minimum absolute atomic E-state index is 0.198. The number of carbonyl (C=O) groups is 1. The molecule has 0 saturated carbocycles. The molecule has 1 amide bonds. The summed E-state index contributed by atoms with van der Waals surface area (Å²) >= 11 is 0. The maximum atomic E-state index is 12.8. The van der Waals surface area contributed by atoms with E-state index in [0.717, 1.165) is 12.0 Å². The molecule has 9 heteroatoms. The van der Waals surface area contributed by atoms with Crippen molar-refractivity contribution in [3.63, 3.8) is 0 Å². The topological polar surface area (TPSA) is 97.4 Å². The largest absolute Gasteiger partial charge is 0.344 e. The lowest BCUT2D eigenvalue weighted by atomic mass is 10.3. The first-order valence-corrected chi connectivity index (χ1v) is 8.42.